The van der Waals surface area contributed by atoms with Crippen molar-refractivity contribution >= 4 is 0 Å². The van der Waals surface area contributed by atoms with Gasteiger partial charge in [0, 0.05) is 24.2 Å². The quantitative estimate of drug-likeness (QED) is 0.814. The number of likely N-dealkylation sites (N-methyl/N-ethyl adjacent to an activating group) is 1. The lowest BCUT2D eigenvalue weighted by molar-refractivity contribution is 0.0748. The van der Waals surface area contributed by atoms with Crippen molar-refractivity contribution in [2.45, 2.75) is 57.5 Å². The minimum atomic E-state index is 0.173. The number of rotatable bonds is 6. The molecule has 0 bridgehead atoms. The van der Waals surface area contributed by atoms with E-state index in [0.29, 0.717) is 0 Å². The zero-order valence-corrected chi connectivity index (χ0v) is 13.6. The van der Waals surface area contributed by atoms with E-state index in [2.05, 4.69) is 24.0 Å². The molecule has 1 aromatic carbocycles. The average Bonchev–Trinajstić information content (AvgIpc) is 2.79. The molecule has 0 amide bonds. The van der Waals surface area contributed by atoms with E-state index in [1.54, 1.807) is 7.11 Å². The van der Waals surface area contributed by atoms with Crippen LogP contribution in [0.4, 0.5) is 0 Å². The maximum absolute atomic E-state index is 6.24. The van der Waals surface area contributed by atoms with Gasteiger partial charge in [0.25, 0.3) is 0 Å². The molecule has 1 saturated carbocycles. The molecule has 3 heteroatoms. The second kappa shape index (κ2) is 7.81. The number of benzene rings is 1. The molecule has 1 fully saturated rings. The van der Waals surface area contributed by atoms with Crippen LogP contribution in [0.5, 0.6) is 5.75 Å². The zero-order valence-electron chi connectivity index (χ0n) is 13.6. The Bertz CT molecular complexity index is 425. The molecule has 0 heterocycles. The van der Waals surface area contributed by atoms with Crippen molar-refractivity contribution in [1.82, 2.24) is 4.90 Å². The average molecular weight is 290 g/mol. The molecule has 118 valence electrons. The zero-order chi connectivity index (χ0) is 15.1. The molecule has 2 N–H and O–H groups in total. The highest BCUT2D eigenvalue weighted by atomic mass is 16.5. The number of nitrogens with zero attached hydrogens (tertiary/aromatic N) is 1. The minimum Gasteiger partial charge on any atom is -0.496 e. The molecular weight excluding hydrogens is 260 g/mol. The number of hydrogen-bond acceptors (Lipinski definition) is 3. The first-order valence-electron chi connectivity index (χ1n) is 8.33. The first-order valence-corrected chi connectivity index (χ1v) is 8.33. The van der Waals surface area contributed by atoms with Gasteiger partial charge in [0.1, 0.15) is 5.75 Å². The predicted molar refractivity (Wildman–Crippen MR) is 88.6 cm³/mol. The third-order valence-corrected chi connectivity index (χ3v) is 5.02. The smallest absolute Gasteiger partial charge is 0.123 e. The van der Waals surface area contributed by atoms with Crippen LogP contribution in [0.15, 0.2) is 24.3 Å². The minimum absolute atomic E-state index is 0.173. The van der Waals surface area contributed by atoms with E-state index in [1.807, 2.05) is 12.1 Å². The van der Waals surface area contributed by atoms with E-state index in [9.17, 15) is 0 Å². The maximum Gasteiger partial charge on any atom is 0.123 e. The van der Waals surface area contributed by atoms with Crippen LogP contribution in [0.3, 0.4) is 0 Å². The van der Waals surface area contributed by atoms with Crippen molar-refractivity contribution < 1.29 is 4.74 Å². The number of para-hydroxylation sites is 1. The van der Waals surface area contributed by atoms with Crippen LogP contribution in [0, 0.1) is 0 Å². The molecule has 0 unspecified atom stereocenters. The van der Waals surface area contributed by atoms with Gasteiger partial charge in [0.15, 0.2) is 0 Å². The Labute approximate surface area is 129 Å². The lowest BCUT2D eigenvalue weighted by atomic mass is 9.87. The molecule has 1 aliphatic carbocycles. The molecule has 0 atom stereocenters. The highest BCUT2D eigenvalue weighted by Crippen LogP contribution is 2.34. The summed E-state index contributed by atoms with van der Waals surface area (Å²) < 4.78 is 5.51. The Morgan fingerprint density at radius 3 is 2.38 bits per heavy atom. The van der Waals surface area contributed by atoms with Crippen LogP contribution in [0.25, 0.3) is 0 Å². The summed E-state index contributed by atoms with van der Waals surface area (Å²) in [6.45, 7) is 4.97. The summed E-state index contributed by atoms with van der Waals surface area (Å²) in [5, 5.41) is 0. The summed E-state index contributed by atoms with van der Waals surface area (Å²) in [6.07, 6.45) is 7.78. The van der Waals surface area contributed by atoms with Gasteiger partial charge >= 0.3 is 0 Å². The summed E-state index contributed by atoms with van der Waals surface area (Å²) in [5.41, 5.74) is 7.67. The Hall–Kier alpha value is -1.06. The first-order chi connectivity index (χ1) is 10.3. The summed E-state index contributed by atoms with van der Waals surface area (Å²) in [5.74, 6) is 0.983. The lowest BCUT2D eigenvalue weighted by Crippen LogP contribution is -2.53. The van der Waals surface area contributed by atoms with Crippen molar-refractivity contribution in [1.29, 1.82) is 0 Å². The number of hydrogen-bond donors (Lipinski definition) is 1. The van der Waals surface area contributed by atoms with Crippen LogP contribution in [-0.2, 0) is 6.54 Å². The van der Waals surface area contributed by atoms with E-state index >= 15 is 0 Å². The molecule has 0 aliphatic heterocycles. The number of nitrogens with two attached hydrogens (primary N) is 1. The van der Waals surface area contributed by atoms with Crippen LogP contribution in [-0.4, -0.2) is 30.6 Å². The van der Waals surface area contributed by atoms with Gasteiger partial charge in [0.2, 0.25) is 0 Å². The van der Waals surface area contributed by atoms with Crippen LogP contribution >= 0.6 is 0 Å². The van der Waals surface area contributed by atoms with E-state index < -0.39 is 0 Å². The SMILES string of the molecule is CCN(Cc1ccccc1OC)C1(CN)CCCCCC1. The Morgan fingerprint density at radius 2 is 1.81 bits per heavy atom. The molecule has 0 aromatic heterocycles. The van der Waals surface area contributed by atoms with E-state index in [1.165, 1.54) is 44.1 Å². The maximum atomic E-state index is 6.24. The van der Waals surface area contributed by atoms with Crippen LogP contribution in [0.1, 0.15) is 51.0 Å². The molecule has 1 aromatic rings. The lowest BCUT2D eigenvalue weighted by Gasteiger charge is -2.43. The van der Waals surface area contributed by atoms with E-state index in [0.717, 1.165) is 25.4 Å². The Kier molecular flexibility index (Phi) is 6.07. The molecule has 0 saturated heterocycles. The second-order valence-electron chi connectivity index (χ2n) is 6.17. The molecule has 2 rings (SSSR count). The fraction of sp³-hybridized carbons (Fsp3) is 0.667. The van der Waals surface area contributed by atoms with Gasteiger partial charge in [-0.25, -0.2) is 0 Å². The summed E-state index contributed by atoms with van der Waals surface area (Å²) >= 11 is 0. The largest absolute Gasteiger partial charge is 0.496 e. The monoisotopic (exact) mass is 290 g/mol. The highest BCUT2D eigenvalue weighted by Gasteiger charge is 2.35. The summed E-state index contributed by atoms with van der Waals surface area (Å²) in [7, 11) is 1.75. The summed E-state index contributed by atoms with van der Waals surface area (Å²) in [4.78, 5) is 2.58. The molecule has 0 spiro atoms. The van der Waals surface area contributed by atoms with Gasteiger partial charge in [-0.3, -0.25) is 4.90 Å². The number of ether oxygens (including phenoxy) is 1. The Balaban J connectivity index is 2.20. The van der Waals surface area contributed by atoms with Gasteiger partial charge in [-0.05, 0) is 25.5 Å². The van der Waals surface area contributed by atoms with E-state index in [-0.39, 0.29) is 5.54 Å². The fourth-order valence-corrected chi connectivity index (χ4v) is 3.69. The van der Waals surface area contributed by atoms with Gasteiger partial charge in [-0.2, -0.15) is 0 Å². The molecule has 1 aliphatic rings. The molecular formula is C18H30N2O. The van der Waals surface area contributed by atoms with Crippen molar-refractivity contribution in [3.05, 3.63) is 29.8 Å². The van der Waals surface area contributed by atoms with Gasteiger partial charge < -0.3 is 10.5 Å². The molecule has 3 nitrogen and oxygen atoms in total. The van der Waals surface area contributed by atoms with Gasteiger partial charge in [-0.15, -0.1) is 0 Å². The van der Waals surface area contributed by atoms with Crippen molar-refractivity contribution in [2.75, 3.05) is 20.2 Å². The third-order valence-electron chi connectivity index (χ3n) is 5.02. The van der Waals surface area contributed by atoms with Crippen molar-refractivity contribution in [2.24, 2.45) is 5.73 Å². The standard InChI is InChI=1S/C18H30N2O/c1-3-20(14-16-10-6-7-11-17(16)21-2)18(15-19)12-8-4-5-9-13-18/h6-7,10-11H,3-5,8-9,12-15,19H2,1-2H3. The van der Waals surface area contributed by atoms with Crippen molar-refractivity contribution in [3.63, 3.8) is 0 Å². The second-order valence-corrected chi connectivity index (χ2v) is 6.17. The van der Waals surface area contributed by atoms with Crippen molar-refractivity contribution in [3.8, 4) is 5.75 Å². The number of methoxy groups -OCH3 is 1. The van der Waals surface area contributed by atoms with Crippen LogP contribution < -0.4 is 10.5 Å². The predicted octanol–water partition coefficient (Wildman–Crippen LogP) is 3.57. The van der Waals surface area contributed by atoms with Gasteiger partial charge in [0.05, 0.1) is 7.11 Å². The fourth-order valence-electron chi connectivity index (χ4n) is 3.69. The third kappa shape index (κ3) is 3.78. The van der Waals surface area contributed by atoms with Crippen LogP contribution in [0.2, 0.25) is 0 Å². The topological polar surface area (TPSA) is 38.5 Å². The molecule has 0 radical (unpaired) electrons. The Morgan fingerprint density at radius 1 is 1.14 bits per heavy atom. The normalized spacial score (nSPS) is 18.5. The molecule has 21 heavy (non-hydrogen) atoms. The first kappa shape index (κ1) is 16.3. The summed E-state index contributed by atoms with van der Waals surface area (Å²) in [6, 6.07) is 8.34. The highest BCUT2D eigenvalue weighted by molar-refractivity contribution is 5.33. The van der Waals surface area contributed by atoms with Gasteiger partial charge in [-0.1, -0.05) is 50.8 Å². The van der Waals surface area contributed by atoms with E-state index in [4.69, 9.17) is 10.5 Å².